The molecule has 0 bridgehead atoms. The molecule has 6 aliphatic heterocycles. The third-order valence-corrected chi connectivity index (χ3v) is 10.4. The molecule has 0 aromatic carbocycles. The summed E-state index contributed by atoms with van der Waals surface area (Å²) in [7, 11) is 0. The molecule has 0 spiro atoms. The number of hydrogen-bond donors (Lipinski definition) is 4. The predicted octanol–water partition coefficient (Wildman–Crippen LogP) is 9.69. The van der Waals surface area contributed by atoms with Crippen LogP contribution in [0.2, 0.25) is 0 Å². The molecule has 6 heterocycles. The van der Waals surface area contributed by atoms with Crippen molar-refractivity contribution >= 4 is 34.8 Å². The van der Waals surface area contributed by atoms with Crippen LogP contribution in [0, 0.1) is 40.9 Å². The molecule has 10 heteroatoms. The van der Waals surface area contributed by atoms with Crippen molar-refractivity contribution in [3.05, 3.63) is 0 Å². The summed E-state index contributed by atoms with van der Waals surface area (Å²) in [4.78, 5) is 26.4. The van der Waals surface area contributed by atoms with Gasteiger partial charge in [0.1, 0.15) is 0 Å². The van der Waals surface area contributed by atoms with Crippen LogP contribution in [-0.2, 0) is 0 Å². The quantitative estimate of drug-likeness (QED) is 0.214. The molecule has 330 valence electrons. The van der Waals surface area contributed by atoms with E-state index >= 15 is 0 Å². The minimum atomic E-state index is 0.194. The molecule has 0 aromatic heterocycles. The zero-order valence-corrected chi connectivity index (χ0v) is 40.3. The number of amidine groups is 4. The van der Waals surface area contributed by atoms with E-state index in [9.17, 15) is 0 Å². The molecule has 0 saturated carbocycles. The molecule has 1 atom stereocenters. The molecule has 6 aliphatic rings. The fourth-order valence-electron chi connectivity index (χ4n) is 6.46. The lowest BCUT2D eigenvalue weighted by molar-refractivity contribution is 0.339. The maximum Gasteiger partial charge on any atom is 0.0994 e. The highest BCUT2D eigenvalue weighted by molar-refractivity contribution is 5.88. The predicted molar refractivity (Wildman–Crippen MR) is 255 cm³/mol. The van der Waals surface area contributed by atoms with Crippen molar-refractivity contribution in [1.82, 2.24) is 21.3 Å². The monoisotopic (exact) mass is 797 g/mol. The van der Waals surface area contributed by atoms with Crippen LogP contribution in [0.15, 0.2) is 30.0 Å². The van der Waals surface area contributed by atoms with Gasteiger partial charge in [-0.1, -0.05) is 96.9 Å². The molecule has 0 aliphatic carbocycles. The maximum atomic E-state index is 4.60. The van der Waals surface area contributed by atoms with Gasteiger partial charge in [0.2, 0.25) is 0 Å². The molecule has 0 saturated heterocycles. The van der Waals surface area contributed by atoms with Crippen LogP contribution in [0.4, 0.5) is 0 Å². The van der Waals surface area contributed by atoms with Gasteiger partial charge >= 0.3 is 0 Å². The van der Waals surface area contributed by atoms with Gasteiger partial charge in [0.15, 0.2) is 0 Å². The van der Waals surface area contributed by atoms with E-state index < -0.39 is 0 Å². The van der Waals surface area contributed by atoms with Crippen LogP contribution in [0.1, 0.15) is 163 Å². The van der Waals surface area contributed by atoms with Crippen LogP contribution in [0.5, 0.6) is 0 Å². The molecular formula is C47H92N10. The Balaban J connectivity index is 0.000000343. The average molecular weight is 797 g/mol. The second-order valence-electron chi connectivity index (χ2n) is 19.8. The molecule has 1 unspecified atom stereocenters. The van der Waals surface area contributed by atoms with Crippen molar-refractivity contribution < 1.29 is 0 Å². The Morgan fingerprint density at radius 3 is 1.37 bits per heavy atom. The van der Waals surface area contributed by atoms with Gasteiger partial charge in [-0.25, -0.2) is 0 Å². The van der Waals surface area contributed by atoms with Crippen molar-refractivity contribution in [1.29, 1.82) is 0 Å². The molecule has 0 aromatic rings. The smallest absolute Gasteiger partial charge is 0.0994 e. The van der Waals surface area contributed by atoms with E-state index in [1.165, 1.54) is 73.9 Å². The standard InChI is InChI=1S/C10H19N.2C8H16N2.C8H15N.C7H14N2.C6H12N2/c1-8(2)9-5-6-10(3,4)7-11-9;1-6(2)7-9-5-8(3,4)10-7;1-7(2)8-9-5-3-4-6-10-8;1-7(2)8-5-3-4-6-9-8;1-5(2)7-8-4-6(3)9-7;1-5(2)6-7-3-4-8-6/h8H,5-7H2,1-4H3;6H,5H2,1-4H3,(H,9,10);7H,3-6H2,1-2H3,(H,9,10);7H,3-6H2,1-2H3;5-6H,4H2,1-3H3,(H,8,9);5H,3-4H2,1-2H3,(H,7,8). The summed E-state index contributed by atoms with van der Waals surface area (Å²) in [5, 5.41) is 13.2. The zero-order chi connectivity index (χ0) is 43.2. The lowest BCUT2D eigenvalue weighted by atomic mass is 9.83. The molecule has 0 amide bonds. The highest BCUT2D eigenvalue weighted by atomic mass is 15.1. The van der Waals surface area contributed by atoms with Crippen molar-refractivity contribution in [2.45, 2.75) is 174 Å². The largest absolute Gasteiger partial charge is 0.374 e. The van der Waals surface area contributed by atoms with Crippen molar-refractivity contribution in [3.63, 3.8) is 0 Å². The van der Waals surface area contributed by atoms with E-state index in [4.69, 9.17) is 0 Å². The van der Waals surface area contributed by atoms with E-state index in [1.54, 1.807) is 0 Å². The van der Waals surface area contributed by atoms with Crippen molar-refractivity contribution in [2.75, 3.05) is 52.4 Å². The molecule has 0 fully saturated rings. The van der Waals surface area contributed by atoms with Crippen molar-refractivity contribution in [2.24, 2.45) is 70.9 Å². The van der Waals surface area contributed by atoms with E-state index in [0.717, 1.165) is 58.2 Å². The molecular weight excluding hydrogens is 705 g/mol. The normalized spacial score (nSPS) is 21.9. The maximum absolute atomic E-state index is 4.60. The summed E-state index contributed by atoms with van der Waals surface area (Å²) in [6.07, 6.45) is 8.93. The lowest BCUT2D eigenvalue weighted by Gasteiger charge is -2.28. The van der Waals surface area contributed by atoms with Crippen molar-refractivity contribution in [3.8, 4) is 0 Å². The van der Waals surface area contributed by atoms with Crippen LogP contribution < -0.4 is 21.3 Å². The minimum absolute atomic E-state index is 0.194. The fraction of sp³-hybridized carbons (Fsp3) is 0.872. The zero-order valence-electron chi connectivity index (χ0n) is 40.3. The van der Waals surface area contributed by atoms with Gasteiger partial charge in [0.25, 0.3) is 0 Å². The molecule has 0 radical (unpaired) electrons. The Bertz CT molecular complexity index is 1310. The van der Waals surface area contributed by atoms with Gasteiger partial charge < -0.3 is 21.3 Å². The molecule has 4 N–H and O–H groups in total. The highest BCUT2D eigenvalue weighted by Crippen LogP contribution is 2.28. The van der Waals surface area contributed by atoms with Gasteiger partial charge in [-0.3, -0.25) is 30.0 Å². The molecule has 57 heavy (non-hydrogen) atoms. The van der Waals surface area contributed by atoms with Gasteiger partial charge in [-0.05, 0) is 83.0 Å². The second-order valence-corrected chi connectivity index (χ2v) is 19.8. The van der Waals surface area contributed by atoms with Gasteiger partial charge in [-0.2, -0.15) is 0 Å². The van der Waals surface area contributed by atoms with E-state index in [2.05, 4.69) is 169 Å². The third-order valence-electron chi connectivity index (χ3n) is 10.4. The Hall–Kier alpha value is -2.78. The topological polar surface area (TPSA) is 122 Å². The van der Waals surface area contributed by atoms with Gasteiger partial charge in [-0.15, -0.1) is 0 Å². The summed E-state index contributed by atoms with van der Waals surface area (Å²) in [5.41, 5.74) is 3.50. The Morgan fingerprint density at radius 1 is 0.491 bits per heavy atom. The fourth-order valence-corrected chi connectivity index (χ4v) is 6.46. The van der Waals surface area contributed by atoms with E-state index in [-0.39, 0.29) is 5.54 Å². The van der Waals surface area contributed by atoms with Crippen LogP contribution in [0.25, 0.3) is 0 Å². The number of rotatable bonds is 6. The highest BCUT2D eigenvalue weighted by Gasteiger charge is 2.26. The Labute approximate surface area is 352 Å². The number of nitrogens with one attached hydrogen (secondary N) is 4. The summed E-state index contributed by atoms with van der Waals surface area (Å²) in [6.45, 7) is 45.4. The first kappa shape index (κ1) is 52.2. The molecule has 6 rings (SSSR count). The summed E-state index contributed by atoms with van der Waals surface area (Å²) < 4.78 is 0. The van der Waals surface area contributed by atoms with Crippen LogP contribution >= 0.6 is 0 Å². The summed E-state index contributed by atoms with van der Waals surface area (Å²) in [6, 6.07) is 0.558. The second kappa shape index (κ2) is 27.1. The first-order valence-electron chi connectivity index (χ1n) is 22.9. The van der Waals surface area contributed by atoms with E-state index in [0.29, 0.717) is 47.0 Å². The van der Waals surface area contributed by atoms with Crippen LogP contribution in [-0.4, -0.2) is 98.7 Å². The number of hydrogen-bond acceptors (Lipinski definition) is 10. The number of aliphatic imine (C=N–C) groups is 6. The summed E-state index contributed by atoms with van der Waals surface area (Å²) in [5.74, 6) is 8.29. The van der Waals surface area contributed by atoms with Gasteiger partial charge in [0, 0.05) is 73.9 Å². The van der Waals surface area contributed by atoms with Crippen LogP contribution in [0.3, 0.4) is 0 Å². The Morgan fingerprint density at radius 2 is 1.02 bits per heavy atom. The Kier molecular flexibility index (Phi) is 24.8. The minimum Gasteiger partial charge on any atom is -0.374 e. The summed E-state index contributed by atoms with van der Waals surface area (Å²) >= 11 is 0. The van der Waals surface area contributed by atoms with Gasteiger partial charge in [0.05, 0.1) is 48.5 Å². The molecule has 10 nitrogen and oxygen atoms in total. The first-order valence-corrected chi connectivity index (χ1v) is 22.9. The average Bonchev–Trinajstić information content (AvgIpc) is 3.88. The van der Waals surface area contributed by atoms with E-state index in [1.807, 2.05) is 0 Å². The first-order chi connectivity index (χ1) is 26.6. The lowest BCUT2D eigenvalue weighted by Crippen LogP contribution is -2.41. The number of nitrogens with zero attached hydrogens (tertiary/aromatic N) is 6. The SMILES string of the molecule is CC(C)C1=NCC(C)(C)CC1.CC(C)C1=NCC(C)(C)N1.CC(C)C1=NCCCC1.CC(C)C1=NCCCCN1.CC(C)C1=NCCN1.CC1CN=C(C(C)C)N1. The third kappa shape index (κ3) is 23.4.